The molecule has 0 atom stereocenters. The second kappa shape index (κ2) is 3.01. The lowest BCUT2D eigenvalue weighted by Crippen LogP contribution is -2.06. The highest BCUT2D eigenvalue weighted by Gasteiger charge is 2.32. The Morgan fingerprint density at radius 1 is 1.14 bits per heavy atom. The third-order valence-electron chi connectivity index (χ3n) is 2.77. The van der Waals surface area contributed by atoms with Crippen LogP contribution in [0.1, 0.15) is 28.7 Å². The van der Waals surface area contributed by atoms with E-state index in [0.717, 1.165) is 36.0 Å². The summed E-state index contributed by atoms with van der Waals surface area (Å²) in [5, 5.41) is 0. The van der Waals surface area contributed by atoms with Crippen molar-refractivity contribution in [3.05, 3.63) is 34.4 Å². The van der Waals surface area contributed by atoms with Gasteiger partial charge in [0, 0.05) is 0 Å². The molecule has 0 saturated carbocycles. The minimum atomic E-state index is -4.21. The highest BCUT2D eigenvalue weighted by Crippen LogP contribution is 2.34. The molecular weight excluding hydrogens is 189 g/mol. The number of alkyl halides is 3. The van der Waals surface area contributed by atoms with Gasteiger partial charge in [0.15, 0.2) is 0 Å². The zero-order valence-corrected chi connectivity index (χ0v) is 7.91. The van der Waals surface area contributed by atoms with E-state index in [1.807, 2.05) is 0 Å². The maximum atomic E-state index is 12.4. The molecule has 3 heteroatoms. The molecule has 1 aliphatic carbocycles. The van der Waals surface area contributed by atoms with Crippen LogP contribution in [-0.2, 0) is 19.0 Å². The van der Waals surface area contributed by atoms with E-state index in [-0.39, 0.29) is 0 Å². The molecule has 1 aromatic rings. The summed E-state index contributed by atoms with van der Waals surface area (Å²) in [6, 6.07) is 2.56. The lowest BCUT2D eigenvalue weighted by Gasteiger charge is -2.11. The summed E-state index contributed by atoms with van der Waals surface area (Å²) in [5.74, 6) is 0. The van der Waals surface area contributed by atoms with Gasteiger partial charge in [0.2, 0.25) is 0 Å². The first kappa shape index (κ1) is 9.56. The molecule has 0 bridgehead atoms. The van der Waals surface area contributed by atoms with Crippen LogP contribution in [0.3, 0.4) is 0 Å². The van der Waals surface area contributed by atoms with Gasteiger partial charge in [-0.15, -0.1) is 0 Å². The largest absolute Gasteiger partial charge is 0.416 e. The number of fused-ring (bicyclic) bond motifs is 1. The first-order chi connectivity index (χ1) is 6.48. The molecule has 0 saturated heterocycles. The Kier molecular flexibility index (Phi) is 2.05. The number of aryl methyl sites for hydroxylation is 2. The zero-order valence-electron chi connectivity index (χ0n) is 7.91. The number of halogens is 3. The van der Waals surface area contributed by atoms with Gasteiger partial charge in [-0.25, -0.2) is 0 Å². The Hall–Kier alpha value is -0.990. The van der Waals surface area contributed by atoms with Crippen LogP contribution >= 0.6 is 0 Å². The maximum Gasteiger partial charge on any atom is 0.416 e. The van der Waals surface area contributed by atoms with E-state index in [1.165, 1.54) is 12.1 Å². The summed E-state index contributed by atoms with van der Waals surface area (Å²) in [5.41, 5.74) is 2.29. The lowest BCUT2D eigenvalue weighted by molar-refractivity contribution is -0.137. The Labute approximate surface area is 80.7 Å². The molecule has 0 radical (unpaired) electrons. The molecule has 14 heavy (non-hydrogen) atoms. The standard InChI is InChI=1S/C11H11F3/c1-7-5-9(11(12,13)14)6-8-3-2-4-10(7)8/h5-6H,2-4H2,1H3. The molecule has 2 rings (SSSR count). The molecule has 0 aromatic heterocycles. The summed E-state index contributed by atoms with van der Waals surface area (Å²) >= 11 is 0. The smallest absolute Gasteiger partial charge is 0.166 e. The topological polar surface area (TPSA) is 0 Å². The summed E-state index contributed by atoms with van der Waals surface area (Å²) in [4.78, 5) is 0. The molecule has 0 heterocycles. The van der Waals surface area contributed by atoms with E-state index in [1.54, 1.807) is 6.92 Å². The van der Waals surface area contributed by atoms with Crippen molar-refractivity contribution in [2.24, 2.45) is 0 Å². The van der Waals surface area contributed by atoms with Crippen LogP contribution in [-0.4, -0.2) is 0 Å². The average Bonchev–Trinajstić information content (AvgIpc) is 2.50. The molecule has 0 fully saturated rings. The molecular formula is C11H11F3. The van der Waals surface area contributed by atoms with Gasteiger partial charge in [0.1, 0.15) is 0 Å². The second-order valence-corrected chi connectivity index (χ2v) is 3.78. The van der Waals surface area contributed by atoms with Crippen molar-refractivity contribution in [2.75, 3.05) is 0 Å². The van der Waals surface area contributed by atoms with Crippen LogP contribution in [0, 0.1) is 6.92 Å². The second-order valence-electron chi connectivity index (χ2n) is 3.78. The minimum Gasteiger partial charge on any atom is -0.166 e. The van der Waals surface area contributed by atoms with E-state index < -0.39 is 11.7 Å². The Balaban J connectivity index is 2.52. The van der Waals surface area contributed by atoms with Crippen molar-refractivity contribution in [1.29, 1.82) is 0 Å². The molecule has 1 aliphatic rings. The zero-order chi connectivity index (χ0) is 10.3. The number of rotatable bonds is 0. The SMILES string of the molecule is Cc1cc(C(F)(F)F)cc2c1CCC2. The van der Waals surface area contributed by atoms with Gasteiger partial charge >= 0.3 is 6.18 Å². The Bertz CT molecular complexity index is 364. The highest BCUT2D eigenvalue weighted by atomic mass is 19.4. The van der Waals surface area contributed by atoms with E-state index in [0.29, 0.717) is 0 Å². The van der Waals surface area contributed by atoms with Gasteiger partial charge in [-0.1, -0.05) is 0 Å². The molecule has 1 aromatic carbocycles. The van der Waals surface area contributed by atoms with Crippen molar-refractivity contribution in [1.82, 2.24) is 0 Å². The van der Waals surface area contributed by atoms with Crippen LogP contribution < -0.4 is 0 Å². The van der Waals surface area contributed by atoms with E-state index in [2.05, 4.69) is 0 Å². The summed E-state index contributed by atoms with van der Waals surface area (Å²) in [6.07, 6.45) is -1.50. The van der Waals surface area contributed by atoms with Gasteiger partial charge in [-0.05, 0) is 55.0 Å². The summed E-state index contributed by atoms with van der Waals surface area (Å²) in [6.45, 7) is 1.76. The molecule has 0 aliphatic heterocycles. The number of benzene rings is 1. The third-order valence-corrected chi connectivity index (χ3v) is 2.77. The van der Waals surface area contributed by atoms with Crippen LogP contribution in [0.15, 0.2) is 12.1 Å². The molecule has 0 N–H and O–H groups in total. The van der Waals surface area contributed by atoms with Crippen molar-refractivity contribution in [3.63, 3.8) is 0 Å². The fraction of sp³-hybridized carbons (Fsp3) is 0.455. The Morgan fingerprint density at radius 3 is 2.50 bits per heavy atom. The monoisotopic (exact) mass is 200 g/mol. The van der Waals surface area contributed by atoms with Gasteiger partial charge in [0.25, 0.3) is 0 Å². The minimum absolute atomic E-state index is 0.504. The van der Waals surface area contributed by atoms with Crippen LogP contribution in [0.2, 0.25) is 0 Å². The summed E-state index contributed by atoms with van der Waals surface area (Å²) in [7, 11) is 0. The molecule has 0 amide bonds. The van der Waals surface area contributed by atoms with Crippen LogP contribution in [0.4, 0.5) is 13.2 Å². The average molecular weight is 200 g/mol. The van der Waals surface area contributed by atoms with E-state index in [9.17, 15) is 13.2 Å². The van der Waals surface area contributed by atoms with E-state index in [4.69, 9.17) is 0 Å². The van der Waals surface area contributed by atoms with Crippen molar-refractivity contribution in [2.45, 2.75) is 32.4 Å². The lowest BCUT2D eigenvalue weighted by atomic mass is 10.0. The van der Waals surface area contributed by atoms with Crippen LogP contribution in [0.25, 0.3) is 0 Å². The van der Waals surface area contributed by atoms with Gasteiger partial charge in [-0.2, -0.15) is 13.2 Å². The number of hydrogen-bond acceptors (Lipinski definition) is 0. The van der Waals surface area contributed by atoms with Crippen LogP contribution in [0.5, 0.6) is 0 Å². The Morgan fingerprint density at radius 2 is 1.86 bits per heavy atom. The third kappa shape index (κ3) is 1.51. The molecule has 0 nitrogen and oxygen atoms in total. The molecule has 0 spiro atoms. The van der Waals surface area contributed by atoms with Gasteiger partial charge in [-0.3, -0.25) is 0 Å². The van der Waals surface area contributed by atoms with Crippen molar-refractivity contribution >= 4 is 0 Å². The van der Waals surface area contributed by atoms with E-state index >= 15 is 0 Å². The quantitative estimate of drug-likeness (QED) is 0.601. The molecule has 0 unspecified atom stereocenters. The molecule has 76 valence electrons. The first-order valence-corrected chi connectivity index (χ1v) is 4.68. The maximum absolute atomic E-state index is 12.4. The first-order valence-electron chi connectivity index (χ1n) is 4.68. The van der Waals surface area contributed by atoms with Gasteiger partial charge in [0.05, 0.1) is 5.56 Å². The predicted molar refractivity (Wildman–Crippen MR) is 48.2 cm³/mol. The van der Waals surface area contributed by atoms with Crippen molar-refractivity contribution in [3.8, 4) is 0 Å². The van der Waals surface area contributed by atoms with Crippen molar-refractivity contribution < 1.29 is 13.2 Å². The van der Waals surface area contributed by atoms with Gasteiger partial charge < -0.3 is 0 Å². The normalized spacial score (nSPS) is 15.7. The fourth-order valence-electron chi connectivity index (χ4n) is 2.09. The highest BCUT2D eigenvalue weighted by molar-refractivity contribution is 5.42. The number of hydrogen-bond donors (Lipinski definition) is 0. The fourth-order valence-corrected chi connectivity index (χ4v) is 2.09. The predicted octanol–water partition coefficient (Wildman–Crippen LogP) is 3.50. The summed E-state index contributed by atoms with van der Waals surface area (Å²) < 4.78 is 37.3.